The van der Waals surface area contributed by atoms with Crippen LogP contribution < -0.4 is 10.1 Å². The van der Waals surface area contributed by atoms with Crippen molar-refractivity contribution in [1.82, 2.24) is 4.90 Å². The molecule has 1 N–H and O–H groups in total. The number of hydrogen-bond acceptors (Lipinski definition) is 4. The average Bonchev–Trinajstić information content (AvgIpc) is 2.78. The number of amides is 2. The SMILES string of the molecule is CSc1ccc(C=CC(=O)Nc2ccc3c(c2)C(=O)N2CCCCC2CCO3)cc1. The molecule has 1 unspecified atom stereocenters. The zero-order chi connectivity index (χ0) is 20.9. The van der Waals surface area contributed by atoms with Gasteiger partial charge in [-0.2, -0.15) is 0 Å². The molecule has 156 valence electrons. The zero-order valence-corrected chi connectivity index (χ0v) is 17.9. The lowest BCUT2D eigenvalue weighted by Crippen LogP contribution is -2.45. The average molecular weight is 423 g/mol. The molecule has 4 rings (SSSR count). The van der Waals surface area contributed by atoms with Gasteiger partial charge >= 0.3 is 0 Å². The Morgan fingerprint density at radius 1 is 1.17 bits per heavy atom. The van der Waals surface area contributed by atoms with Gasteiger partial charge in [0.15, 0.2) is 0 Å². The summed E-state index contributed by atoms with van der Waals surface area (Å²) < 4.78 is 5.86. The zero-order valence-electron chi connectivity index (χ0n) is 17.1. The van der Waals surface area contributed by atoms with Crippen molar-refractivity contribution >= 4 is 35.3 Å². The number of benzene rings is 2. The van der Waals surface area contributed by atoms with Crippen molar-refractivity contribution in [2.24, 2.45) is 0 Å². The lowest BCUT2D eigenvalue weighted by molar-refractivity contribution is -0.111. The highest BCUT2D eigenvalue weighted by molar-refractivity contribution is 7.98. The fourth-order valence-electron chi connectivity index (χ4n) is 4.00. The van der Waals surface area contributed by atoms with Gasteiger partial charge < -0.3 is 15.0 Å². The number of carbonyl (C=O) groups excluding carboxylic acids is 2. The van der Waals surface area contributed by atoms with Gasteiger partial charge in [-0.15, -0.1) is 11.8 Å². The number of fused-ring (bicyclic) bond motifs is 2. The van der Waals surface area contributed by atoms with Gasteiger partial charge in [0.05, 0.1) is 12.2 Å². The minimum Gasteiger partial charge on any atom is -0.493 e. The molecule has 0 saturated carbocycles. The van der Waals surface area contributed by atoms with Gasteiger partial charge in [-0.1, -0.05) is 12.1 Å². The summed E-state index contributed by atoms with van der Waals surface area (Å²) in [6, 6.07) is 13.5. The number of nitrogens with zero attached hydrogens (tertiary/aromatic N) is 1. The summed E-state index contributed by atoms with van der Waals surface area (Å²) in [4.78, 5) is 28.7. The van der Waals surface area contributed by atoms with Gasteiger partial charge in [0, 0.05) is 35.7 Å². The summed E-state index contributed by atoms with van der Waals surface area (Å²) in [6.07, 6.45) is 9.41. The molecule has 2 aliphatic rings. The Kier molecular flexibility index (Phi) is 6.43. The van der Waals surface area contributed by atoms with Crippen LogP contribution in [0.2, 0.25) is 0 Å². The first-order chi connectivity index (χ1) is 14.6. The predicted molar refractivity (Wildman–Crippen MR) is 121 cm³/mol. The number of carbonyl (C=O) groups is 2. The molecule has 1 fully saturated rings. The maximum atomic E-state index is 13.1. The van der Waals surface area contributed by atoms with Crippen molar-refractivity contribution in [2.75, 3.05) is 24.7 Å². The second-order valence-corrected chi connectivity index (χ2v) is 8.47. The molecule has 6 heteroatoms. The molecular weight excluding hydrogens is 396 g/mol. The Labute approximate surface area is 181 Å². The smallest absolute Gasteiger partial charge is 0.257 e. The fourth-order valence-corrected chi connectivity index (χ4v) is 4.41. The molecule has 5 nitrogen and oxygen atoms in total. The topological polar surface area (TPSA) is 58.6 Å². The quantitative estimate of drug-likeness (QED) is 0.566. The van der Waals surface area contributed by atoms with E-state index in [2.05, 4.69) is 5.32 Å². The Balaban J connectivity index is 1.48. The maximum Gasteiger partial charge on any atom is 0.257 e. The minimum atomic E-state index is -0.237. The van der Waals surface area contributed by atoms with Crippen molar-refractivity contribution in [3.63, 3.8) is 0 Å². The summed E-state index contributed by atoms with van der Waals surface area (Å²) in [6.45, 7) is 1.39. The van der Waals surface area contributed by atoms with Crippen LogP contribution >= 0.6 is 11.8 Å². The highest BCUT2D eigenvalue weighted by Gasteiger charge is 2.31. The standard InChI is InChI=1S/C24H26N2O3S/c1-30-20-9-5-17(6-10-20)7-12-23(27)25-18-8-11-22-21(16-18)24(28)26-14-3-2-4-19(26)13-15-29-22/h5-12,16,19H,2-4,13-15H2,1H3,(H,25,27). The summed E-state index contributed by atoms with van der Waals surface area (Å²) in [7, 11) is 0. The van der Waals surface area contributed by atoms with E-state index in [9.17, 15) is 9.59 Å². The van der Waals surface area contributed by atoms with Gasteiger partial charge in [-0.05, 0) is 67.5 Å². The Bertz CT molecular complexity index is 955. The summed E-state index contributed by atoms with van der Waals surface area (Å²) >= 11 is 1.68. The second-order valence-electron chi connectivity index (χ2n) is 7.59. The van der Waals surface area contributed by atoms with E-state index in [1.54, 1.807) is 36.0 Å². The number of ether oxygens (including phenoxy) is 1. The molecule has 1 atom stereocenters. The number of thioether (sulfide) groups is 1. The van der Waals surface area contributed by atoms with E-state index >= 15 is 0 Å². The van der Waals surface area contributed by atoms with Crippen LogP contribution in [0.4, 0.5) is 5.69 Å². The predicted octanol–water partition coefficient (Wildman–Crippen LogP) is 4.84. The third kappa shape index (κ3) is 4.70. The van der Waals surface area contributed by atoms with E-state index in [0.717, 1.165) is 37.8 Å². The first kappa shape index (κ1) is 20.5. The molecule has 2 heterocycles. The third-order valence-corrected chi connectivity index (χ3v) is 6.36. The number of piperidine rings is 1. The van der Waals surface area contributed by atoms with E-state index in [4.69, 9.17) is 4.74 Å². The van der Waals surface area contributed by atoms with Crippen LogP contribution in [0, 0.1) is 0 Å². The molecule has 2 amide bonds. The van der Waals surface area contributed by atoms with Crippen LogP contribution in [0.15, 0.2) is 53.4 Å². The fraction of sp³-hybridized carbons (Fsp3) is 0.333. The highest BCUT2D eigenvalue weighted by Crippen LogP contribution is 2.31. The van der Waals surface area contributed by atoms with E-state index in [-0.39, 0.29) is 17.9 Å². The van der Waals surface area contributed by atoms with Crippen molar-refractivity contribution in [3.8, 4) is 5.75 Å². The van der Waals surface area contributed by atoms with Gasteiger partial charge in [-0.25, -0.2) is 0 Å². The second kappa shape index (κ2) is 9.39. The number of anilines is 1. The highest BCUT2D eigenvalue weighted by atomic mass is 32.2. The number of nitrogens with one attached hydrogen (secondary N) is 1. The van der Waals surface area contributed by atoms with Crippen molar-refractivity contribution < 1.29 is 14.3 Å². The molecule has 2 aromatic carbocycles. The van der Waals surface area contributed by atoms with Crippen LogP contribution in [0.25, 0.3) is 6.08 Å². The Morgan fingerprint density at radius 2 is 2.00 bits per heavy atom. The van der Waals surface area contributed by atoms with E-state index in [1.807, 2.05) is 35.4 Å². The molecular formula is C24H26N2O3S. The van der Waals surface area contributed by atoms with Crippen molar-refractivity contribution in [3.05, 3.63) is 59.7 Å². The molecule has 2 aliphatic heterocycles. The molecule has 0 bridgehead atoms. The summed E-state index contributed by atoms with van der Waals surface area (Å²) in [5.41, 5.74) is 2.07. The monoisotopic (exact) mass is 422 g/mol. The molecule has 2 aromatic rings. The van der Waals surface area contributed by atoms with Crippen molar-refractivity contribution in [2.45, 2.75) is 36.6 Å². The van der Waals surface area contributed by atoms with Crippen molar-refractivity contribution in [1.29, 1.82) is 0 Å². The van der Waals surface area contributed by atoms with Gasteiger partial charge in [0.1, 0.15) is 5.75 Å². The van der Waals surface area contributed by atoms with E-state index < -0.39 is 0 Å². The van der Waals surface area contributed by atoms with Gasteiger partial charge in [-0.3, -0.25) is 9.59 Å². The lowest BCUT2D eigenvalue weighted by atomic mass is 9.97. The summed E-state index contributed by atoms with van der Waals surface area (Å²) in [5.74, 6) is 0.348. The van der Waals surface area contributed by atoms with Crippen LogP contribution in [-0.2, 0) is 4.79 Å². The molecule has 0 radical (unpaired) electrons. The van der Waals surface area contributed by atoms with Gasteiger partial charge in [0.25, 0.3) is 5.91 Å². The molecule has 30 heavy (non-hydrogen) atoms. The first-order valence-corrected chi connectivity index (χ1v) is 11.6. The van der Waals surface area contributed by atoms with Crippen LogP contribution in [0.5, 0.6) is 5.75 Å². The molecule has 0 spiro atoms. The first-order valence-electron chi connectivity index (χ1n) is 10.3. The molecule has 1 saturated heterocycles. The largest absolute Gasteiger partial charge is 0.493 e. The van der Waals surface area contributed by atoms with Crippen LogP contribution in [-0.4, -0.2) is 42.2 Å². The third-order valence-electron chi connectivity index (χ3n) is 5.62. The Hall–Kier alpha value is -2.73. The minimum absolute atomic E-state index is 0.00470. The Morgan fingerprint density at radius 3 is 2.80 bits per heavy atom. The maximum absolute atomic E-state index is 13.1. The number of hydrogen-bond donors (Lipinski definition) is 1. The van der Waals surface area contributed by atoms with E-state index in [0.29, 0.717) is 23.6 Å². The normalized spacial score (nSPS) is 18.8. The lowest BCUT2D eigenvalue weighted by Gasteiger charge is -2.37. The van der Waals surface area contributed by atoms with Crippen LogP contribution in [0.3, 0.4) is 0 Å². The van der Waals surface area contributed by atoms with Gasteiger partial charge in [0.2, 0.25) is 5.91 Å². The molecule has 0 aromatic heterocycles. The number of rotatable bonds is 4. The molecule has 0 aliphatic carbocycles. The summed E-state index contributed by atoms with van der Waals surface area (Å²) in [5, 5.41) is 2.86. The van der Waals surface area contributed by atoms with Crippen LogP contribution in [0.1, 0.15) is 41.6 Å². The van der Waals surface area contributed by atoms with E-state index in [1.165, 1.54) is 11.0 Å².